The quantitative estimate of drug-likeness (QED) is 0.613. The number of aliphatic hydroxyl groups is 1. The van der Waals surface area contributed by atoms with Gasteiger partial charge in [-0.2, -0.15) is 0 Å². The molecule has 0 aliphatic rings. The van der Waals surface area contributed by atoms with Crippen LogP contribution >= 0.6 is 11.6 Å². The number of nitrogens with two attached hydrogens (primary N) is 1. The maximum absolute atomic E-state index is 11.7. The van der Waals surface area contributed by atoms with Crippen molar-refractivity contribution in [2.75, 3.05) is 5.73 Å². The van der Waals surface area contributed by atoms with Crippen molar-refractivity contribution in [3.05, 3.63) is 28.8 Å². The molecular formula is C11H14ClNO2. The third-order valence-electron chi connectivity index (χ3n) is 2.10. The van der Waals surface area contributed by atoms with E-state index >= 15 is 0 Å². The fraction of sp³-hybridized carbons (Fsp3) is 0.364. The monoisotopic (exact) mass is 227 g/mol. The summed E-state index contributed by atoms with van der Waals surface area (Å²) in [5, 5.41) is 9.55. The number of benzene rings is 1. The molecule has 1 atom stereocenters. The first-order chi connectivity index (χ1) is 7.00. The molecule has 0 aromatic heterocycles. The molecule has 82 valence electrons. The van der Waals surface area contributed by atoms with Crippen molar-refractivity contribution >= 4 is 23.1 Å². The normalized spacial score (nSPS) is 12.5. The van der Waals surface area contributed by atoms with Crippen molar-refractivity contribution in [3.8, 4) is 0 Å². The largest absolute Gasteiger partial charge is 0.398 e. The molecule has 0 amide bonds. The minimum atomic E-state index is -0.477. The first kappa shape index (κ1) is 12.0. The van der Waals surface area contributed by atoms with Gasteiger partial charge in [0, 0.05) is 22.7 Å². The van der Waals surface area contributed by atoms with Gasteiger partial charge < -0.3 is 10.8 Å². The zero-order chi connectivity index (χ0) is 11.4. The highest BCUT2D eigenvalue weighted by Crippen LogP contribution is 2.20. The summed E-state index contributed by atoms with van der Waals surface area (Å²) in [6, 6.07) is 4.81. The molecule has 1 rings (SSSR count). The number of aliphatic hydroxyl groups excluding tert-OH is 1. The highest BCUT2D eigenvalue weighted by atomic mass is 35.5. The van der Waals surface area contributed by atoms with Gasteiger partial charge in [0.05, 0.1) is 6.10 Å². The Hall–Kier alpha value is -1.06. The van der Waals surface area contributed by atoms with Gasteiger partial charge in [-0.05, 0) is 31.5 Å². The van der Waals surface area contributed by atoms with Crippen LogP contribution in [0.25, 0.3) is 0 Å². The fourth-order valence-corrected chi connectivity index (χ4v) is 1.42. The average Bonchev–Trinajstić information content (AvgIpc) is 2.18. The second-order valence-corrected chi connectivity index (χ2v) is 3.98. The van der Waals surface area contributed by atoms with Gasteiger partial charge in [0.15, 0.2) is 5.78 Å². The van der Waals surface area contributed by atoms with E-state index in [9.17, 15) is 4.79 Å². The molecule has 0 fully saturated rings. The molecule has 0 aliphatic heterocycles. The number of hydrogen-bond acceptors (Lipinski definition) is 3. The molecule has 1 aromatic carbocycles. The van der Waals surface area contributed by atoms with Crippen molar-refractivity contribution in [3.63, 3.8) is 0 Å². The van der Waals surface area contributed by atoms with Crippen molar-refractivity contribution in [2.45, 2.75) is 25.9 Å². The Balaban J connectivity index is 2.77. The Labute approximate surface area is 93.9 Å². The van der Waals surface area contributed by atoms with E-state index < -0.39 is 6.10 Å². The Morgan fingerprint density at radius 1 is 1.60 bits per heavy atom. The number of ketones is 1. The molecule has 1 aromatic rings. The van der Waals surface area contributed by atoms with Crippen LogP contribution in [0.2, 0.25) is 5.02 Å². The zero-order valence-corrected chi connectivity index (χ0v) is 9.29. The van der Waals surface area contributed by atoms with Crippen LogP contribution in [0.15, 0.2) is 18.2 Å². The number of carbonyl (C=O) groups is 1. The Kier molecular flexibility index (Phi) is 4.12. The van der Waals surface area contributed by atoms with Crippen molar-refractivity contribution in [2.24, 2.45) is 0 Å². The summed E-state index contributed by atoms with van der Waals surface area (Å²) < 4.78 is 0. The number of halogens is 1. The molecule has 0 radical (unpaired) electrons. The first-order valence-electron chi connectivity index (χ1n) is 4.77. The smallest absolute Gasteiger partial charge is 0.165 e. The van der Waals surface area contributed by atoms with Crippen LogP contribution in [-0.4, -0.2) is 17.0 Å². The van der Waals surface area contributed by atoms with E-state index in [-0.39, 0.29) is 12.2 Å². The van der Waals surface area contributed by atoms with Gasteiger partial charge in [-0.1, -0.05) is 11.6 Å². The summed E-state index contributed by atoms with van der Waals surface area (Å²) in [5.41, 5.74) is 6.51. The van der Waals surface area contributed by atoms with Crippen molar-refractivity contribution in [1.29, 1.82) is 0 Å². The second-order valence-electron chi connectivity index (χ2n) is 3.54. The van der Waals surface area contributed by atoms with Crippen LogP contribution in [-0.2, 0) is 0 Å². The van der Waals surface area contributed by atoms with Crippen LogP contribution < -0.4 is 5.73 Å². The molecular weight excluding hydrogens is 214 g/mol. The van der Waals surface area contributed by atoms with E-state index in [1.807, 2.05) is 0 Å². The highest BCUT2D eigenvalue weighted by molar-refractivity contribution is 6.31. The molecule has 0 saturated carbocycles. The van der Waals surface area contributed by atoms with E-state index in [0.717, 1.165) is 0 Å². The van der Waals surface area contributed by atoms with E-state index in [2.05, 4.69) is 0 Å². The van der Waals surface area contributed by atoms with Gasteiger partial charge in [-0.25, -0.2) is 0 Å². The van der Waals surface area contributed by atoms with Gasteiger partial charge >= 0.3 is 0 Å². The van der Waals surface area contributed by atoms with E-state index in [0.29, 0.717) is 22.7 Å². The van der Waals surface area contributed by atoms with Gasteiger partial charge in [-0.15, -0.1) is 0 Å². The molecule has 0 aliphatic carbocycles. The second kappa shape index (κ2) is 5.14. The number of anilines is 1. The maximum Gasteiger partial charge on any atom is 0.165 e. The summed E-state index contributed by atoms with van der Waals surface area (Å²) in [5.74, 6) is -0.0871. The topological polar surface area (TPSA) is 63.3 Å². The molecule has 15 heavy (non-hydrogen) atoms. The summed E-state index contributed by atoms with van der Waals surface area (Å²) >= 11 is 5.77. The Bertz CT molecular complexity index is 364. The summed E-state index contributed by atoms with van der Waals surface area (Å²) in [4.78, 5) is 11.7. The van der Waals surface area contributed by atoms with Crippen LogP contribution in [0.5, 0.6) is 0 Å². The summed E-state index contributed by atoms with van der Waals surface area (Å²) in [6.45, 7) is 1.65. The van der Waals surface area contributed by atoms with Crippen molar-refractivity contribution in [1.82, 2.24) is 0 Å². The van der Waals surface area contributed by atoms with E-state index in [1.54, 1.807) is 25.1 Å². The van der Waals surface area contributed by atoms with Crippen LogP contribution in [0.4, 0.5) is 5.69 Å². The minimum absolute atomic E-state index is 0.0871. The molecule has 0 saturated heterocycles. The third kappa shape index (κ3) is 3.53. The Morgan fingerprint density at radius 3 is 2.87 bits per heavy atom. The highest BCUT2D eigenvalue weighted by Gasteiger charge is 2.11. The lowest BCUT2D eigenvalue weighted by Crippen LogP contribution is -2.08. The lowest BCUT2D eigenvalue weighted by Gasteiger charge is -2.06. The lowest BCUT2D eigenvalue weighted by molar-refractivity contribution is 0.0950. The van der Waals surface area contributed by atoms with Crippen LogP contribution in [0.1, 0.15) is 30.1 Å². The molecule has 3 N–H and O–H groups in total. The van der Waals surface area contributed by atoms with Crippen molar-refractivity contribution < 1.29 is 9.90 Å². The first-order valence-corrected chi connectivity index (χ1v) is 5.15. The van der Waals surface area contributed by atoms with Gasteiger partial charge in [0.2, 0.25) is 0 Å². The molecule has 0 bridgehead atoms. The van der Waals surface area contributed by atoms with E-state index in [1.165, 1.54) is 0 Å². The third-order valence-corrected chi connectivity index (χ3v) is 2.34. The maximum atomic E-state index is 11.7. The average molecular weight is 228 g/mol. The SMILES string of the molecule is CC(O)CCC(=O)c1cc(Cl)ccc1N. The summed E-state index contributed by atoms with van der Waals surface area (Å²) in [6.07, 6.45) is 0.238. The molecule has 4 heteroatoms. The predicted molar refractivity (Wildman–Crippen MR) is 61.1 cm³/mol. The Morgan fingerprint density at radius 2 is 2.27 bits per heavy atom. The van der Waals surface area contributed by atoms with Gasteiger partial charge in [0.1, 0.15) is 0 Å². The lowest BCUT2D eigenvalue weighted by atomic mass is 10.0. The summed E-state index contributed by atoms with van der Waals surface area (Å²) in [7, 11) is 0. The van der Waals surface area contributed by atoms with Gasteiger partial charge in [0.25, 0.3) is 0 Å². The van der Waals surface area contributed by atoms with Crippen LogP contribution in [0.3, 0.4) is 0 Å². The van der Waals surface area contributed by atoms with E-state index in [4.69, 9.17) is 22.4 Å². The molecule has 1 unspecified atom stereocenters. The van der Waals surface area contributed by atoms with Gasteiger partial charge in [-0.3, -0.25) is 4.79 Å². The fourth-order valence-electron chi connectivity index (χ4n) is 1.24. The predicted octanol–water partition coefficient (Wildman–Crippen LogP) is 2.27. The number of hydrogen-bond donors (Lipinski definition) is 2. The number of carbonyl (C=O) groups excluding carboxylic acids is 1. The standard InChI is InChI=1S/C11H14ClNO2/c1-7(14)2-5-11(15)9-6-8(12)3-4-10(9)13/h3-4,6-7,14H,2,5,13H2,1H3. The number of nitrogen functional groups attached to an aromatic ring is 1. The number of rotatable bonds is 4. The molecule has 0 spiro atoms. The number of Topliss-reactive ketones (excluding diaryl/α,β-unsaturated/α-hetero) is 1. The minimum Gasteiger partial charge on any atom is -0.398 e. The molecule has 3 nitrogen and oxygen atoms in total. The molecule has 0 heterocycles. The van der Waals surface area contributed by atoms with Crippen LogP contribution in [0, 0.1) is 0 Å². The zero-order valence-electron chi connectivity index (χ0n) is 8.53.